The quantitative estimate of drug-likeness (QED) is 0.838. The van der Waals surface area contributed by atoms with Gasteiger partial charge in [-0.05, 0) is 61.4 Å². The van der Waals surface area contributed by atoms with Crippen LogP contribution in [0.5, 0.6) is 5.75 Å². The number of likely N-dealkylation sites (N-methyl/N-ethyl adjacent to an activating group) is 1. The average molecular weight is 348 g/mol. The Labute approximate surface area is 141 Å². The van der Waals surface area contributed by atoms with E-state index in [-0.39, 0.29) is 17.4 Å². The highest BCUT2D eigenvalue weighted by Gasteiger charge is 2.14. The van der Waals surface area contributed by atoms with E-state index in [1.807, 2.05) is 19.9 Å². The average Bonchev–Trinajstić information content (AvgIpc) is 2.51. The number of aryl methyl sites for hydroxylation is 2. The minimum absolute atomic E-state index is 0.119. The summed E-state index contributed by atoms with van der Waals surface area (Å²) in [6.07, 6.45) is 0. The molecule has 128 valence electrons. The van der Waals surface area contributed by atoms with Crippen molar-refractivity contribution in [3.8, 4) is 5.75 Å². The van der Waals surface area contributed by atoms with Gasteiger partial charge in [0.05, 0.1) is 4.90 Å². The van der Waals surface area contributed by atoms with Gasteiger partial charge in [-0.2, -0.15) is 0 Å². The van der Waals surface area contributed by atoms with Crippen LogP contribution < -0.4 is 14.8 Å². The number of nitrogens with one attached hydrogen (secondary N) is 2. The minimum Gasteiger partial charge on any atom is -0.484 e. The Balaban J connectivity index is 2.13. The van der Waals surface area contributed by atoms with Crippen LogP contribution in [0.4, 0.5) is 5.69 Å². The van der Waals surface area contributed by atoms with Gasteiger partial charge < -0.3 is 10.1 Å². The molecule has 1 amide bonds. The lowest BCUT2D eigenvalue weighted by Crippen LogP contribution is -2.24. The minimum atomic E-state index is -3.68. The fourth-order valence-corrected chi connectivity index (χ4v) is 3.22. The summed E-state index contributed by atoms with van der Waals surface area (Å²) < 4.78 is 32.7. The number of hydrogen-bond acceptors (Lipinski definition) is 4. The van der Waals surface area contributed by atoms with Crippen LogP contribution in [0.2, 0.25) is 0 Å². The van der Waals surface area contributed by atoms with Gasteiger partial charge in [0.2, 0.25) is 0 Å². The molecule has 0 saturated carbocycles. The number of benzene rings is 2. The summed E-state index contributed by atoms with van der Waals surface area (Å²) in [6.45, 7) is 3.69. The van der Waals surface area contributed by atoms with E-state index < -0.39 is 10.0 Å². The van der Waals surface area contributed by atoms with E-state index in [0.717, 1.165) is 11.1 Å². The van der Waals surface area contributed by atoms with Gasteiger partial charge in [-0.3, -0.25) is 9.52 Å². The second-order valence-corrected chi connectivity index (χ2v) is 7.10. The van der Waals surface area contributed by atoms with Gasteiger partial charge in [0.1, 0.15) is 5.75 Å². The summed E-state index contributed by atoms with van der Waals surface area (Å²) in [4.78, 5) is 11.2. The van der Waals surface area contributed by atoms with Crippen molar-refractivity contribution < 1.29 is 17.9 Å². The molecule has 2 N–H and O–H groups in total. The van der Waals surface area contributed by atoms with Crippen molar-refractivity contribution in [3.05, 3.63) is 53.6 Å². The van der Waals surface area contributed by atoms with E-state index in [9.17, 15) is 13.2 Å². The second-order valence-electron chi connectivity index (χ2n) is 5.42. The normalized spacial score (nSPS) is 11.0. The van der Waals surface area contributed by atoms with Crippen LogP contribution in [0.3, 0.4) is 0 Å². The van der Waals surface area contributed by atoms with Gasteiger partial charge in [-0.1, -0.05) is 6.07 Å². The van der Waals surface area contributed by atoms with Gasteiger partial charge >= 0.3 is 0 Å². The number of amides is 1. The Morgan fingerprint density at radius 1 is 1.04 bits per heavy atom. The molecule has 0 aliphatic rings. The summed E-state index contributed by atoms with van der Waals surface area (Å²) >= 11 is 0. The first-order valence-corrected chi connectivity index (χ1v) is 8.83. The molecule has 0 spiro atoms. The molecule has 0 heterocycles. The number of hydrogen-bond donors (Lipinski definition) is 2. The second kappa shape index (κ2) is 7.35. The molecule has 2 aromatic carbocycles. The van der Waals surface area contributed by atoms with Crippen LogP contribution in [0.15, 0.2) is 47.4 Å². The van der Waals surface area contributed by atoms with E-state index in [2.05, 4.69) is 10.0 Å². The molecule has 2 aromatic rings. The van der Waals surface area contributed by atoms with Gasteiger partial charge in [-0.25, -0.2) is 8.42 Å². The summed E-state index contributed by atoms with van der Waals surface area (Å²) in [7, 11) is -2.17. The van der Waals surface area contributed by atoms with Crippen LogP contribution in [0.25, 0.3) is 0 Å². The third-order valence-electron chi connectivity index (χ3n) is 3.26. The number of sulfonamides is 1. The largest absolute Gasteiger partial charge is 0.484 e. The maximum atomic E-state index is 12.4. The number of anilines is 1. The molecule has 0 fully saturated rings. The Morgan fingerprint density at radius 2 is 1.62 bits per heavy atom. The zero-order chi connectivity index (χ0) is 17.7. The van der Waals surface area contributed by atoms with Crippen molar-refractivity contribution in [3.63, 3.8) is 0 Å². The fraction of sp³-hybridized carbons (Fsp3) is 0.235. The molecule has 0 atom stereocenters. The lowest BCUT2D eigenvalue weighted by atomic mass is 10.1. The van der Waals surface area contributed by atoms with E-state index in [1.54, 1.807) is 12.1 Å². The first-order chi connectivity index (χ1) is 11.3. The number of ether oxygens (including phenoxy) is 1. The fourth-order valence-electron chi connectivity index (χ4n) is 2.18. The van der Waals surface area contributed by atoms with Crippen molar-refractivity contribution in [1.82, 2.24) is 5.32 Å². The molecule has 0 radical (unpaired) electrons. The third kappa shape index (κ3) is 4.73. The van der Waals surface area contributed by atoms with Crippen LogP contribution in [-0.2, 0) is 14.8 Å². The highest BCUT2D eigenvalue weighted by molar-refractivity contribution is 7.92. The van der Waals surface area contributed by atoms with Crippen molar-refractivity contribution in [2.75, 3.05) is 18.4 Å². The lowest BCUT2D eigenvalue weighted by molar-refractivity contribution is -0.122. The van der Waals surface area contributed by atoms with Gasteiger partial charge in [-0.15, -0.1) is 0 Å². The molecular formula is C17H20N2O4S. The van der Waals surface area contributed by atoms with Crippen LogP contribution in [0, 0.1) is 13.8 Å². The summed E-state index contributed by atoms with van der Waals surface area (Å²) in [5.41, 5.74) is 2.48. The molecule has 7 heteroatoms. The SMILES string of the molecule is CNC(=O)COc1ccc(S(=O)(=O)Nc2cc(C)cc(C)c2)cc1. The number of rotatable bonds is 6. The van der Waals surface area contributed by atoms with Gasteiger partial charge in [0.15, 0.2) is 6.61 Å². The first-order valence-electron chi connectivity index (χ1n) is 7.35. The molecule has 0 aromatic heterocycles. The molecule has 0 aliphatic heterocycles. The van der Waals surface area contributed by atoms with Crippen molar-refractivity contribution >= 4 is 21.6 Å². The third-order valence-corrected chi connectivity index (χ3v) is 4.65. The van der Waals surface area contributed by atoms with Crippen LogP contribution >= 0.6 is 0 Å². The molecule has 0 bridgehead atoms. The van der Waals surface area contributed by atoms with E-state index >= 15 is 0 Å². The molecular weight excluding hydrogens is 328 g/mol. The van der Waals surface area contributed by atoms with Crippen LogP contribution in [0.1, 0.15) is 11.1 Å². The predicted octanol–water partition coefficient (Wildman–Crippen LogP) is 2.23. The van der Waals surface area contributed by atoms with E-state index in [1.165, 1.54) is 31.3 Å². The monoisotopic (exact) mass is 348 g/mol. The smallest absolute Gasteiger partial charge is 0.261 e. The Kier molecular flexibility index (Phi) is 5.46. The highest BCUT2D eigenvalue weighted by atomic mass is 32.2. The number of carbonyl (C=O) groups is 1. The molecule has 0 aliphatic carbocycles. The first kappa shape index (κ1) is 17.8. The lowest BCUT2D eigenvalue weighted by Gasteiger charge is -2.11. The van der Waals surface area contributed by atoms with Gasteiger partial charge in [0.25, 0.3) is 15.9 Å². The van der Waals surface area contributed by atoms with Crippen molar-refractivity contribution in [2.45, 2.75) is 18.7 Å². The zero-order valence-electron chi connectivity index (χ0n) is 13.8. The maximum Gasteiger partial charge on any atom is 0.261 e. The highest BCUT2D eigenvalue weighted by Crippen LogP contribution is 2.21. The Morgan fingerprint density at radius 3 is 2.17 bits per heavy atom. The molecule has 6 nitrogen and oxygen atoms in total. The maximum absolute atomic E-state index is 12.4. The molecule has 0 saturated heterocycles. The topological polar surface area (TPSA) is 84.5 Å². The standard InChI is InChI=1S/C17H20N2O4S/c1-12-8-13(2)10-14(9-12)19-24(21,22)16-6-4-15(5-7-16)23-11-17(20)18-3/h4-10,19H,11H2,1-3H3,(H,18,20). The Hall–Kier alpha value is -2.54. The van der Waals surface area contributed by atoms with E-state index in [0.29, 0.717) is 11.4 Å². The predicted molar refractivity (Wildman–Crippen MR) is 92.7 cm³/mol. The summed E-state index contributed by atoms with van der Waals surface area (Å²) in [6, 6.07) is 11.4. The van der Waals surface area contributed by atoms with Gasteiger partial charge in [0, 0.05) is 12.7 Å². The molecule has 2 rings (SSSR count). The molecule has 24 heavy (non-hydrogen) atoms. The van der Waals surface area contributed by atoms with Crippen molar-refractivity contribution in [2.24, 2.45) is 0 Å². The summed E-state index contributed by atoms with van der Waals surface area (Å²) in [5.74, 6) is 0.159. The van der Waals surface area contributed by atoms with E-state index in [4.69, 9.17) is 4.74 Å². The molecule has 0 unspecified atom stereocenters. The van der Waals surface area contributed by atoms with Crippen molar-refractivity contribution in [1.29, 1.82) is 0 Å². The Bertz CT molecular complexity index is 810. The number of carbonyl (C=O) groups excluding carboxylic acids is 1. The zero-order valence-corrected chi connectivity index (χ0v) is 14.6. The summed E-state index contributed by atoms with van der Waals surface area (Å²) in [5, 5.41) is 2.44. The van der Waals surface area contributed by atoms with Crippen LogP contribution in [-0.4, -0.2) is 28.0 Å².